The van der Waals surface area contributed by atoms with E-state index in [0.717, 1.165) is 10.9 Å². The Hall–Kier alpha value is -3.97. The number of hydrogen-bond acceptors (Lipinski definition) is 4. The first kappa shape index (κ1) is 24.2. The summed E-state index contributed by atoms with van der Waals surface area (Å²) in [6.45, 7) is 10.9. The summed E-state index contributed by atoms with van der Waals surface area (Å²) in [6.07, 6.45) is 5.35. The Morgan fingerprint density at radius 1 is 0.971 bits per heavy atom. The number of carbonyl (C=O) groups excluding carboxylic acids is 1. The number of ether oxygens (including phenoxy) is 1. The number of terminal acetylenes is 1. The van der Waals surface area contributed by atoms with Gasteiger partial charge in [0, 0.05) is 16.5 Å². The summed E-state index contributed by atoms with van der Waals surface area (Å²) in [5, 5.41) is 0.802. The maximum absolute atomic E-state index is 13.4. The molecule has 1 heterocycles. The van der Waals surface area contributed by atoms with Crippen molar-refractivity contribution in [2.75, 3.05) is 6.61 Å². The summed E-state index contributed by atoms with van der Waals surface area (Å²) in [4.78, 5) is 22.8. The molecule has 0 aliphatic rings. The number of nitrogens with zero attached hydrogens (tertiary/aromatic N) is 2. The third-order valence-electron chi connectivity index (χ3n) is 6.06. The summed E-state index contributed by atoms with van der Waals surface area (Å²) < 4.78 is 5.63. The van der Waals surface area contributed by atoms with Gasteiger partial charge in [-0.25, -0.2) is 9.97 Å². The SMILES string of the molecule is C#CCOc1ccc2nc(C(=O)c3ccc(C(C)(C)C)cc3)nc(-c3ccc(C(C)C)cc3)c2c1. The Bertz CT molecular complexity index is 1400. The van der Waals surface area contributed by atoms with E-state index in [1.165, 1.54) is 11.1 Å². The zero-order valence-electron chi connectivity index (χ0n) is 20.9. The first-order valence-corrected chi connectivity index (χ1v) is 11.8. The van der Waals surface area contributed by atoms with Crippen LogP contribution >= 0.6 is 0 Å². The van der Waals surface area contributed by atoms with Gasteiger partial charge in [0.2, 0.25) is 11.6 Å². The molecule has 0 saturated heterocycles. The van der Waals surface area contributed by atoms with Crippen LogP contribution in [0.15, 0.2) is 66.7 Å². The van der Waals surface area contributed by atoms with Crippen LogP contribution in [0, 0.1) is 12.3 Å². The zero-order chi connectivity index (χ0) is 25.2. The molecule has 0 amide bonds. The van der Waals surface area contributed by atoms with E-state index in [0.29, 0.717) is 28.4 Å². The molecule has 0 radical (unpaired) electrons. The Balaban J connectivity index is 1.83. The predicted octanol–water partition coefficient (Wildman–Crippen LogP) is 6.96. The van der Waals surface area contributed by atoms with Crippen LogP contribution in [0.25, 0.3) is 22.2 Å². The highest BCUT2D eigenvalue weighted by Crippen LogP contribution is 2.31. The van der Waals surface area contributed by atoms with Crippen LogP contribution in [0.3, 0.4) is 0 Å². The minimum Gasteiger partial charge on any atom is -0.481 e. The Labute approximate surface area is 207 Å². The van der Waals surface area contributed by atoms with Crippen molar-refractivity contribution in [3.8, 4) is 29.4 Å². The molecule has 4 heteroatoms. The molecule has 4 rings (SSSR count). The summed E-state index contributed by atoms with van der Waals surface area (Å²) in [5.74, 6) is 3.50. The molecule has 0 fully saturated rings. The highest BCUT2D eigenvalue weighted by molar-refractivity contribution is 6.08. The van der Waals surface area contributed by atoms with Crippen LogP contribution in [0.4, 0.5) is 0 Å². The molecule has 0 N–H and O–H groups in total. The zero-order valence-corrected chi connectivity index (χ0v) is 20.9. The molecule has 0 spiro atoms. The van der Waals surface area contributed by atoms with Crippen molar-refractivity contribution < 1.29 is 9.53 Å². The van der Waals surface area contributed by atoms with E-state index < -0.39 is 0 Å². The number of ketones is 1. The van der Waals surface area contributed by atoms with Crippen LogP contribution < -0.4 is 4.74 Å². The van der Waals surface area contributed by atoms with E-state index in [1.807, 2.05) is 54.6 Å². The summed E-state index contributed by atoms with van der Waals surface area (Å²) in [6, 6.07) is 21.5. The van der Waals surface area contributed by atoms with E-state index in [2.05, 4.69) is 57.7 Å². The first-order valence-electron chi connectivity index (χ1n) is 11.8. The van der Waals surface area contributed by atoms with Crippen molar-refractivity contribution in [2.45, 2.75) is 46.0 Å². The molecular formula is C31H30N2O2. The molecule has 0 atom stereocenters. The Morgan fingerprint density at radius 3 is 2.26 bits per heavy atom. The first-order chi connectivity index (χ1) is 16.7. The van der Waals surface area contributed by atoms with Crippen molar-refractivity contribution in [2.24, 2.45) is 0 Å². The number of benzene rings is 3. The topological polar surface area (TPSA) is 52.1 Å². The van der Waals surface area contributed by atoms with Crippen LogP contribution in [0.1, 0.15) is 67.8 Å². The minimum atomic E-state index is -0.208. The fourth-order valence-corrected chi connectivity index (χ4v) is 3.92. The third-order valence-corrected chi connectivity index (χ3v) is 6.06. The molecule has 176 valence electrons. The van der Waals surface area contributed by atoms with Gasteiger partial charge in [0.15, 0.2) is 0 Å². The fraction of sp³-hybridized carbons (Fsp3) is 0.258. The van der Waals surface area contributed by atoms with Gasteiger partial charge in [0.05, 0.1) is 11.2 Å². The lowest BCUT2D eigenvalue weighted by Gasteiger charge is -2.19. The van der Waals surface area contributed by atoms with Gasteiger partial charge in [-0.05, 0) is 40.7 Å². The fourth-order valence-electron chi connectivity index (χ4n) is 3.92. The van der Waals surface area contributed by atoms with Crippen LogP contribution in [0.5, 0.6) is 5.75 Å². The molecule has 0 saturated carbocycles. The van der Waals surface area contributed by atoms with Crippen molar-refractivity contribution in [3.05, 3.63) is 89.2 Å². The lowest BCUT2D eigenvalue weighted by molar-refractivity contribution is 0.102. The quantitative estimate of drug-likeness (QED) is 0.230. The van der Waals surface area contributed by atoms with Crippen LogP contribution in [0.2, 0.25) is 0 Å². The smallest absolute Gasteiger partial charge is 0.230 e. The normalized spacial score (nSPS) is 11.5. The van der Waals surface area contributed by atoms with Gasteiger partial charge in [-0.15, -0.1) is 6.42 Å². The van der Waals surface area contributed by atoms with Crippen LogP contribution in [-0.4, -0.2) is 22.4 Å². The van der Waals surface area contributed by atoms with Gasteiger partial charge >= 0.3 is 0 Å². The standard InChI is InChI=1S/C31H30N2O2/c1-7-18-35-25-16-17-27-26(19-25)28(22-10-8-21(9-11-22)20(2)3)33-30(32-27)29(34)23-12-14-24(15-13-23)31(4,5)6/h1,8-17,19-20H,18H2,2-6H3. The van der Waals surface area contributed by atoms with E-state index in [9.17, 15) is 4.79 Å². The molecular weight excluding hydrogens is 432 g/mol. The Kier molecular flexibility index (Phi) is 6.71. The Morgan fingerprint density at radius 2 is 1.66 bits per heavy atom. The van der Waals surface area contributed by atoms with Crippen molar-refractivity contribution in [1.29, 1.82) is 0 Å². The molecule has 4 nitrogen and oxygen atoms in total. The van der Waals surface area contributed by atoms with E-state index in [1.54, 1.807) is 0 Å². The van der Waals surface area contributed by atoms with Crippen molar-refractivity contribution in [3.63, 3.8) is 0 Å². The number of rotatable bonds is 6. The second-order valence-electron chi connectivity index (χ2n) is 10.0. The van der Waals surface area contributed by atoms with E-state index in [-0.39, 0.29) is 23.6 Å². The summed E-state index contributed by atoms with van der Waals surface area (Å²) >= 11 is 0. The molecule has 0 unspecified atom stereocenters. The van der Waals surface area contributed by atoms with Crippen molar-refractivity contribution >= 4 is 16.7 Å². The lowest BCUT2D eigenvalue weighted by Crippen LogP contribution is -2.12. The average Bonchev–Trinajstić information content (AvgIpc) is 2.86. The van der Waals surface area contributed by atoms with Gasteiger partial charge in [-0.2, -0.15) is 0 Å². The summed E-state index contributed by atoms with van der Waals surface area (Å²) in [5.41, 5.74) is 5.24. The van der Waals surface area contributed by atoms with Gasteiger partial charge in [0.25, 0.3) is 0 Å². The maximum atomic E-state index is 13.4. The van der Waals surface area contributed by atoms with Gasteiger partial charge < -0.3 is 4.74 Å². The minimum absolute atomic E-state index is 0.00947. The van der Waals surface area contributed by atoms with Crippen molar-refractivity contribution in [1.82, 2.24) is 9.97 Å². The maximum Gasteiger partial charge on any atom is 0.230 e. The van der Waals surface area contributed by atoms with Gasteiger partial charge in [0.1, 0.15) is 12.4 Å². The lowest BCUT2D eigenvalue weighted by atomic mass is 9.86. The number of fused-ring (bicyclic) bond motifs is 1. The monoisotopic (exact) mass is 462 g/mol. The second-order valence-corrected chi connectivity index (χ2v) is 10.0. The third kappa shape index (κ3) is 5.25. The van der Waals surface area contributed by atoms with Crippen LogP contribution in [-0.2, 0) is 5.41 Å². The number of hydrogen-bond donors (Lipinski definition) is 0. The molecule has 0 aliphatic heterocycles. The van der Waals surface area contributed by atoms with E-state index >= 15 is 0 Å². The summed E-state index contributed by atoms with van der Waals surface area (Å²) in [7, 11) is 0. The number of carbonyl (C=O) groups is 1. The molecule has 35 heavy (non-hydrogen) atoms. The molecule has 4 aromatic rings. The van der Waals surface area contributed by atoms with Gasteiger partial charge in [-0.1, -0.05) is 89.1 Å². The highest BCUT2D eigenvalue weighted by atomic mass is 16.5. The molecule has 3 aromatic carbocycles. The molecule has 1 aromatic heterocycles. The molecule has 0 aliphatic carbocycles. The average molecular weight is 463 g/mol. The predicted molar refractivity (Wildman–Crippen MR) is 142 cm³/mol. The molecule has 0 bridgehead atoms. The second kappa shape index (κ2) is 9.72. The van der Waals surface area contributed by atoms with E-state index in [4.69, 9.17) is 16.1 Å². The highest BCUT2D eigenvalue weighted by Gasteiger charge is 2.19. The number of aromatic nitrogens is 2. The largest absolute Gasteiger partial charge is 0.481 e. The van der Waals surface area contributed by atoms with Gasteiger partial charge in [-0.3, -0.25) is 4.79 Å².